The van der Waals surface area contributed by atoms with E-state index in [4.69, 9.17) is 5.73 Å². The van der Waals surface area contributed by atoms with Crippen molar-refractivity contribution in [3.05, 3.63) is 18.0 Å². The van der Waals surface area contributed by atoms with Crippen molar-refractivity contribution in [3.8, 4) is 0 Å². The molecule has 1 unspecified atom stereocenters. The smallest absolute Gasteiger partial charge is 0.221 e. The van der Waals surface area contributed by atoms with Gasteiger partial charge in [-0.2, -0.15) is 5.10 Å². The predicted molar refractivity (Wildman–Crippen MR) is 87.3 cm³/mol. The van der Waals surface area contributed by atoms with Gasteiger partial charge in [0.2, 0.25) is 5.91 Å². The third-order valence-corrected chi connectivity index (χ3v) is 4.26. The molecule has 2 heterocycles. The molecule has 1 aromatic rings. The summed E-state index contributed by atoms with van der Waals surface area (Å²) in [4.78, 5) is 14.1. The van der Waals surface area contributed by atoms with Gasteiger partial charge in [0.1, 0.15) is 0 Å². The van der Waals surface area contributed by atoms with E-state index in [1.54, 1.807) is 0 Å². The van der Waals surface area contributed by atoms with E-state index in [1.165, 1.54) is 18.5 Å². The number of hydrogen-bond acceptors (Lipinski definition) is 4. The maximum absolute atomic E-state index is 11.6. The largest absolute Gasteiger partial charge is 0.354 e. The lowest BCUT2D eigenvalue weighted by molar-refractivity contribution is -0.121. The minimum atomic E-state index is 0.0558. The molecule has 1 aliphatic heterocycles. The zero-order valence-corrected chi connectivity index (χ0v) is 13.8. The highest BCUT2D eigenvalue weighted by Crippen LogP contribution is 2.20. The van der Waals surface area contributed by atoms with Gasteiger partial charge >= 0.3 is 0 Å². The molecule has 0 radical (unpaired) electrons. The van der Waals surface area contributed by atoms with Crippen molar-refractivity contribution >= 4 is 5.91 Å². The average molecular weight is 307 g/mol. The third kappa shape index (κ3) is 4.55. The van der Waals surface area contributed by atoms with Gasteiger partial charge in [0.25, 0.3) is 0 Å². The van der Waals surface area contributed by atoms with Gasteiger partial charge in [-0.3, -0.25) is 14.4 Å². The van der Waals surface area contributed by atoms with E-state index >= 15 is 0 Å². The molecular formula is C16H29N5O. The van der Waals surface area contributed by atoms with Gasteiger partial charge in [0.15, 0.2) is 0 Å². The second kappa shape index (κ2) is 8.29. The number of amides is 1. The highest BCUT2D eigenvalue weighted by atomic mass is 16.1. The van der Waals surface area contributed by atoms with E-state index in [2.05, 4.69) is 39.9 Å². The Labute approximate surface area is 133 Å². The van der Waals surface area contributed by atoms with Crippen LogP contribution in [0.25, 0.3) is 0 Å². The minimum Gasteiger partial charge on any atom is -0.354 e. The zero-order valence-electron chi connectivity index (χ0n) is 13.8. The summed E-state index contributed by atoms with van der Waals surface area (Å²) in [5.74, 6) is 0.0558. The van der Waals surface area contributed by atoms with Crippen molar-refractivity contribution in [2.45, 2.75) is 58.2 Å². The number of nitrogens with zero attached hydrogens (tertiary/aromatic N) is 3. The Kier molecular flexibility index (Phi) is 6.39. The fourth-order valence-electron chi connectivity index (χ4n) is 3.09. The summed E-state index contributed by atoms with van der Waals surface area (Å²) in [6.07, 6.45) is 5.88. The van der Waals surface area contributed by atoms with Gasteiger partial charge in [-0.15, -0.1) is 0 Å². The first kappa shape index (κ1) is 17.0. The Bertz CT molecular complexity index is 471. The summed E-state index contributed by atoms with van der Waals surface area (Å²) >= 11 is 0. The topological polar surface area (TPSA) is 76.2 Å². The number of aromatic nitrogens is 2. The minimum absolute atomic E-state index is 0.0558. The summed E-state index contributed by atoms with van der Waals surface area (Å²) in [5, 5.41) is 7.43. The van der Waals surface area contributed by atoms with Crippen molar-refractivity contribution in [2.75, 3.05) is 19.6 Å². The molecule has 124 valence electrons. The second-order valence-electron chi connectivity index (χ2n) is 6.32. The van der Waals surface area contributed by atoms with Gasteiger partial charge < -0.3 is 11.1 Å². The van der Waals surface area contributed by atoms with Crippen molar-refractivity contribution in [1.82, 2.24) is 20.0 Å². The van der Waals surface area contributed by atoms with Crippen LogP contribution in [0.5, 0.6) is 0 Å². The molecule has 6 heteroatoms. The summed E-state index contributed by atoms with van der Waals surface area (Å²) < 4.78 is 2.08. The Morgan fingerprint density at radius 3 is 3.05 bits per heavy atom. The van der Waals surface area contributed by atoms with Crippen molar-refractivity contribution in [2.24, 2.45) is 5.73 Å². The lowest BCUT2D eigenvalue weighted by Gasteiger charge is -2.36. The van der Waals surface area contributed by atoms with Crippen LogP contribution in [0.15, 0.2) is 12.3 Å². The normalized spacial score (nSPS) is 19.5. The number of likely N-dealkylation sites (tertiary alicyclic amines) is 1. The lowest BCUT2D eigenvalue weighted by atomic mass is 10.0. The molecule has 0 aromatic carbocycles. The molecule has 1 saturated heterocycles. The molecular weight excluding hydrogens is 278 g/mol. The Hall–Kier alpha value is -1.40. The molecule has 1 amide bonds. The number of hydrogen-bond donors (Lipinski definition) is 2. The van der Waals surface area contributed by atoms with Gasteiger partial charge in [-0.25, -0.2) is 0 Å². The molecule has 0 aliphatic carbocycles. The molecule has 3 N–H and O–H groups in total. The number of rotatable bonds is 7. The summed E-state index contributed by atoms with van der Waals surface area (Å²) in [6.45, 7) is 7.41. The molecule has 1 aliphatic rings. The van der Waals surface area contributed by atoms with E-state index in [0.717, 1.165) is 19.5 Å². The number of carbonyl (C=O) groups excluding carboxylic acids is 1. The van der Waals surface area contributed by atoms with Crippen LogP contribution in [0, 0.1) is 0 Å². The first-order valence-corrected chi connectivity index (χ1v) is 8.35. The molecule has 0 saturated carbocycles. The summed E-state index contributed by atoms with van der Waals surface area (Å²) in [6, 6.07) is 2.88. The zero-order chi connectivity index (χ0) is 15.9. The van der Waals surface area contributed by atoms with Gasteiger partial charge in [0, 0.05) is 44.3 Å². The summed E-state index contributed by atoms with van der Waals surface area (Å²) in [7, 11) is 0. The van der Waals surface area contributed by atoms with E-state index in [1.807, 2.05) is 6.20 Å². The first-order valence-electron chi connectivity index (χ1n) is 8.35. The van der Waals surface area contributed by atoms with E-state index < -0.39 is 0 Å². The van der Waals surface area contributed by atoms with Gasteiger partial charge in [-0.05, 0) is 39.3 Å². The standard InChI is InChI=1S/C16H29N5O/c1-13(2)21-15(7-9-19-21)12-20-10-4-3-5-14(20)11-18-16(22)6-8-17/h7,9,13-14H,3-6,8,10-12,17H2,1-2H3,(H,18,22). The van der Waals surface area contributed by atoms with Crippen molar-refractivity contribution in [1.29, 1.82) is 0 Å². The van der Waals surface area contributed by atoms with Crippen LogP contribution in [0.2, 0.25) is 0 Å². The Morgan fingerprint density at radius 2 is 2.32 bits per heavy atom. The molecule has 0 bridgehead atoms. The SMILES string of the molecule is CC(C)n1nccc1CN1CCCCC1CNC(=O)CCN. The molecule has 1 atom stereocenters. The fraction of sp³-hybridized carbons (Fsp3) is 0.750. The van der Waals surface area contributed by atoms with E-state index in [9.17, 15) is 4.79 Å². The van der Waals surface area contributed by atoms with Crippen LogP contribution in [0.4, 0.5) is 0 Å². The third-order valence-electron chi connectivity index (χ3n) is 4.26. The quantitative estimate of drug-likeness (QED) is 0.796. The van der Waals surface area contributed by atoms with E-state index in [-0.39, 0.29) is 5.91 Å². The van der Waals surface area contributed by atoms with Crippen LogP contribution in [-0.4, -0.2) is 46.3 Å². The average Bonchev–Trinajstić information content (AvgIpc) is 2.95. The fourth-order valence-corrected chi connectivity index (χ4v) is 3.09. The van der Waals surface area contributed by atoms with Gasteiger partial charge in [0.05, 0.1) is 5.69 Å². The lowest BCUT2D eigenvalue weighted by Crippen LogP contribution is -2.46. The Morgan fingerprint density at radius 1 is 1.50 bits per heavy atom. The van der Waals surface area contributed by atoms with Crippen molar-refractivity contribution in [3.63, 3.8) is 0 Å². The first-order chi connectivity index (χ1) is 10.6. The van der Waals surface area contributed by atoms with E-state index in [0.29, 0.717) is 31.6 Å². The van der Waals surface area contributed by atoms with Crippen LogP contribution in [0.1, 0.15) is 51.3 Å². The maximum atomic E-state index is 11.6. The monoisotopic (exact) mass is 307 g/mol. The molecule has 1 fully saturated rings. The number of nitrogens with two attached hydrogens (primary N) is 1. The number of piperidine rings is 1. The molecule has 2 rings (SSSR count). The molecule has 22 heavy (non-hydrogen) atoms. The summed E-state index contributed by atoms with van der Waals surface area (Å²) in [5.41, 5.74) is 6.67. The molecule has 1 aromatic heterocycles. The van der Waals surface area contributed by atoms with Crippen LogP contribution < -0.4 is 11.1 Å². The van der Waals surface area contributed by atoms with Crippen LogP contribution >= 0.6 is 0 Å². The highest BCUT2D eigenvalue weighted by molar-refractivity contribution is 5.76. The Balaban J connectivity index is 1.94. The van der Waals surface area contributed by atoms with Crippen molar-refractivity contribution < 1.29 is 4.79 Å². The van der Waals surface area contributed by atoms with Crippen LogP contribution in [0.3, 0.4) is 0 Å². The number of carbonyl (C=O) groups is 1. The highest BCUT2D eigenvalue weighted by Gasteiger charge is 2.24. The molecule has 6 nitrogen and oxygen atoms in total. The maximum Gasteiger partial charge on any atom is 0.221 e. The predicted octanol–water partition coefficient (Wildman–Crippen LogP) is 1.28. The van der Waals surface area contributed by atoms with Gasteiger partial charge in [-0.1, -0.05) is 6.42 Å². The molecule has 0 spiro atoms. The number of nitrogens with one attached hydrogen (secondary N) is 1. The second-order valence-corrected chi connectivity index (χ2v) is 6.32. The van der Waals surface area contributed by atoms with Crippen LogP contribution in [-0.2, 0) is 11.3 Å².